The number of amides is 4. The Morgan fingerprint density at radius 1 is 0.902 bits per heavy atom. The number of anilines is 2. The van der Waals surface area contributed by atoms with Gasteiger partial charge in [0.2, 0.25) is 5.91 Å². The number of pyridine rings is 2. The summed E-state index contributed by atoms with van der Waals surface area (Å²) in [4.78, 5) is 53.2. The van der Waals surface area contributed by atoms with Crippen LogP contribution in [0.2, 0.25) is 0 Å². The number of nitrogens with zero attached hydrogens (tertiary/aromatic N) is 9. The molecule has 4 amide bonds. The van der Waals surface area contributed by atoms with Crippen LogP contribution < -0.4 is 25.2 Å². The van der Waals surface area contributed by atoms with Crippen LogP contribution in [0.1, 0.15) is 81.9 Å². The monoisotopic (exact) mass is 845 g/mol. The minimum atomic E-state index is -0.418. The Hall–Kier alpha value is -5.85. The number of urea groups is 1. The predicted molar refractivity (Wildman–Crippen MR) is 234 cm³/mol. The SMILES string of the molecule is CC1(C)[C@H](NC(=O)c2ccc(N3CCC(CN4CCC(n5ccc6c(N7CCC(=O)NC7=O)nccc65)CC4)CC3)nn2)C(C)(C)[C@H]1Oc1ccc(C#N)c2ncccc12.Cl. The summed E-state index contributed by atoms with van der Waals surface area (Å²) in [6.45, 7) is 13.7. The fraction of sp³-hybridized carbons (Fsp3) is 0.467. The van der Waals surface area contributed by atoms with Crippen LogP contribution >= 0.6 is 12.4 Å². The summed E-state index contributed by atoms with van der Waals surface area (Å²) in [6.07, 6.45) is 9.84. The third kappa shape index (κ3) is 7.72. The number of carbonyl (C=O) groups excluding carboxylic acids is 3. The molecule has 1 aromatic carbocycles. The van der Waals surface area contributed by atoms with Crippen molar-refractivity contribution >= 4 is 63.7 Å². The molecule has 16 heteroatoms. The molecule has 0 spiro atoms. The van der Waals surface area contributed by atoms with Gasteiger partial charge in [0.15, 0.2) is 11.5 Å². The zero-order valence-corrected chi connectivity index (χ0v) is 35.8. The van der Waals surface area contributed by atoms with Crippen LogP contribution in [0.25, 0.3) is 21.8 Å². The standard InChI is InChI=1S/C45H51N11O4.ClH/c1-44(2)41(45(3,4)42(44)60-35-9-7-29(26-46)38-32(35)6-5-18-47-38)50-40(58)33-8-10-36(52-51-33)54-22-12-28(13-23-54)27-53-20-14-30(15-21-53)55-24-16-31-34(55)11-19-48-39(31)56-25-17-37(57)49-43(56)59;/h5-11,16,18-19,24,28,30,41-42H,12-15,17,20-23,25,27H2,1-4H3,(H,50,58)(H,49,57,59);1H/t41-,42-;. The number of ether oxygens (including phenoxy) is 1. The number of fused-ring (bicyclic) bond motifs is 2. The van der Waals surface area contributed by atoms with Crippen molar-refractivity contribution in [3.8, 4) is 11.8 Å². The molecule has 0 atom stereocenters. The lowest BCUT2D eigenvalue weighted by molar-refractivity contribution is -0.163. The summed E-state index contributed by atoms with van der Waals surface area (Å²) in [5, 5.41) is 25.8. The number of carbonyl (C=O) groups is 3. The average Bonchev–Trinajstić information content (AvgIpc) is 3.70. The normalized spacial score (nSPS) is 22.0. The van der Waals surface area contributed by atoms with E-state index in [0.29, 0.717) is 41.2 Å². The maximum Gasteiger partial charge on any atom is 0.329 e. The molecule has 3 saturated heterocycles. The van der Waals surface area contributed by atoms with Gasteiger partial charge in [-0.05, 0) is 80.1 Å². The smallest absolute Gasteiger partial charge is 0.329 e. The number of nitrogens with one attached hydrogen (secondary N) is 2. The number of hydrogen-bond acceptors (Lipinski definition) is 11. The van der Waals surface area contributed by atoms with E-state index in [2.05, 4.69) is 85.1 Å². The van der Waals surface area contributed by atoms with E-state index in [0.717, 1.165) is 80.5 Å². The van der Waals surface area contributed by atoms with E-state index in [1.807, 2.05) is 36.4 Å². The summed E-state index contributed by atoms with van der Waals surface area (Å²) in [7, 11) is 0. The molecular weight excluding hydrogens is 794 g/mol. The first kappa shape index (κ1) is 41.9. The van der Waals surface area contributed by atoms with Crippen molar-refractivity contribution in [3.63, 3.8) is 0 Å². The quantitative estimate of drug-likeness (QED) is 0.171. The molecule has 0 bridgehead atoms. The number of imide groups is 1. The van der Waals surface area contributed by atoms with E-state index in [4.69, 9.17) is 4.74 Å². The van der Waals surface area contributed by atoms with Crippen LogP contribution in [0.3, 0.4) is 0 Å². The second-order valence-corrected chi connectivity index (χ2v) is 18.0. The summed E-state index contributed by atoms with van der Waals surface area (Å²) >= 11 is 0. The summed E-state index contributed by atoms with van der Waals surface area (Å²) < 4.78 is 8.97. The highest BCUT2D eigenvalue weighted by Gasteiger charge is 2.64. The van der Waals surface area contributed by atoms with Gasteiger partial charge in [-0.3, -0.25) is 24.8 Å². The van der Waals surface area contributed by atoms with Gasteiger partial charge in [-0.15, -0.1) is 22.6 Å². The maximum absolute atomic E-state index is 13.6. The molecule has 4 fully saturated rings. The van der Waals surface area contributed by atoms with Gasteiger partial charge in [0, 0.05) is 98.0 Å². The van der Waals surface area contributed by atoms with Gasteiger partial charge in [-0.25, -0.2) is 9.78 Å². The maximum atomic E-state index is 13.6. The van der Waals surface area contributed by atoms with Gasteiger partial charge in [0.25, 0.3) is 5.91 Å². The minimum absolute atomic E-state index is 0. The van der Waals surface area contributed by atoms with Gasteiger partial charge < -0.3 is 24.4 Å². The fourth-order valence-electron chi connectivity index (χ4n) is 10.5. The van der Waals surface area contributed by atoms with E-state index in [1.54, 1.807) is 29.4 Å². The molecule has 4 aliphatic rings. The molecule has 61 heavy (non-hydrogen) atoms. The number of likely N-dealkylation sites (tertiary alicyclic amines) is 1. The number of halogens is 1. The highest BCUT2D eigenvalue weighted by Crippen LogP contribution is 2.56. The van der Waals surface area contributed by atoms with Crippen LogP contribution in [0.5, 0.6) is 5.75 Å². The number of aromatic nitrogens is 5. The van der Waals surface area contributed by atoms with Crippen molar-refractivity contribution in [1.82, 2.24) is 40.3 Å². The number of rotatable bonds is 9. The Labute approximate surface area is 361 Å². The summed E-state index contributed by atoms with van der Waals surface area (Å²) in [5.74, 6) is 2.15. The zero-order chi connectivity index (χ0) is 41.8. The van der Waals surface area contributed by atoms with Crippen LogP contribution in [-0.4, -0.2) is 98.9 Å². The summed E-state index contributed by atoms with van der Waals surface area (Å²) in [6, 6.07) is 17.1. The fourth-order valence-corrected chi connectivity index (χ4v) is 10.5. The summed E-state index contributed by atoms with van der Waals surface area (Å²) in [5.41, 5.74) is 1.68. The molecule has 318 valence electrons. The lowest BCUT2D eigenvalue weighted by atomic mass is 9.49. The molecule has 15 nitrogen and oxygen atoms in total. The molecule has 0 radical (unpaired) electrons. The van der Waals surface area contributed by atoms with Crippen molar-refractivity contribution < 1.29 is 19.1 Å². The third-order valence-corrected chi connectivity index (χ3v) is 13.4. The molecule has 4 aromatic heterocycles. The Morgan fingerprint density at radius 2 is 1.67 bits per heavy atom. The highest BCUT2D eigenvalue weighted by atomic mass is 35.5. The molecular formula is C45H52ClN11O4. The Kier molecular flexibility index (Phi) is 11.4. The first-order valence-electron chi connectivity index (χ1n) is 21.1. The largest absolute Gasteiger partial charge is 0.488 e. The molecule has 9 rings (SSSR count). The van der Waals surface area contributed by atoms with Gasteiger partial charge in [0.1, 0.15) is 23.7 Å². The van der Waals surface area contributed by atoms with Crippen molar-refractivity contribution in [2.45, 2.75) is 78.0 Å². The first-order chi connectivity index (χ1) is 28.9. The highest BCUT2D eigenvalue weighted by molar-refractivity contribution is 6.08. The van der Waals surface area contributed by atoms with E-state index < -0.39 is 16.9 Å². The lowest BCUT2D eigenvalue weighted by Gasteiger charge is -2.63. The molecule has 1 aliphatic carbocycles. The molecule has 7 heterocycles. The molecule has 0 unspecified atom stereocenters. The number of nitriles is 1. The minimum Gasteiger partial charge on any atom is -0.488 e. The second-order valence-electron chi connectivity index (χ2n) is 18.0. The van der Waals surface area contributed by atoms with Crippen molar-refractivity contribution in [2.75, 3.05) is 49.1 Å². The van der Waals surface area contributed by atoms with Crippen LogP contribution in [0, 0.1) is 28.1 Å². The molecule has 2 N–H and O–H groups in total. The van der Waals surface area contributed by atoms with Crippen LogP contribution in [-0.2, 0) is 4.79 Å². The van der Waals surface area contributed by atoms with E-state index in [9.17, 15) is 19.6 Å². The third-order valence-electron chi connectivity index (χ3n) is 13.4. The van der Waals surface area contributed by atoms with Crippen LogP contribution in [0.4, 0.5) is 16.4 Å². The van der Waals surface area contributed by atoms with Gasteiger partial charge in [-0.1, -0.05) is 27.7 Å². The predicted octanol–water partition coefficient (Wildman–Crippen LogP) is 6.28. The molecule has 1 saturated carbocycles. The Bertz CT molecular complexity index is 2490. The second kappa shape index (κ2) is 16.5. The molecule has 5 aromatic rings. The van der Waals surface area contributed by atoms with E-state index >= 15 is 0 Å². The van der Waals surface area contributed by atoms with Crippen LogP contribution in [0.15, 0.2) is 67.1 Å². The van der Waals surface area contributed by atoms with Gasteiger partial charge in [0.05, 0.1) is 16.6 Å². The Morgan fingerprint density at radius 3 is 2.38 bits per heavy atom. The molecule has 3 aliphatic heterocycles. The number of hydrogen-bond donors (Lipinski definition) is 2. The topological polar surface area (TPSA) is 174 Å². The number of benzene rings is 1. The van der Waals surface area contributed by atoms with E-state index in [-0.39, 0.29) is 48.5 Å². The zero-order valence-electron chi connectivity index (χ0n) is 35.0. The van der Waals surface area contributed by atoms with Gasteiger partial charge >= 0.3 is 6.03 Å². The van der Waals surface area contributed by atoms with E-state index in [1.165, 1.54) is 0 Å². The van der Waals surface area contributed by atoms with Crippen molar-refractivity contribution in [1.29, 1.82) is 5.26 Å². The lowest BCUT2D eigenvalue weighted by Crippen LogP contribution is -2.74. The van der Waals surface area contributed by atoms with Crippen molar-refractivity contribution in [2.24, 2.45) is 16.7 Å². The average molecular weight is 846 g/mol. The Balaban J connectivity index is 0.00000514. The van der Waals surface area contributed by atoms with Crippen molar-refractivity contribution in [3.05, 3.63) is 78.4 Å². The van der Waals surface area contributed by atoms with Gasteiger partial charge in [-0.2, -0.15) is 5.26 Å². The number of piperidine rings is 2. The first-order valence-corrected chi connectivity index (χ1v) is 21.1.